The van der Waals surface area contributed by atoms with Gasteiger partial charge in [-0.15, -0.1) is 0 Å². The Morgan fingerprint density at radius 1 is 0.767 bits per heavy atom. The summed E-state index contributed by atoms with van der Waals surface area (Å²) in [5, 5.41) is 17.5. The highest BCUT2D eigenvalue weighted by molar-refractivity contribution is 6.60. The fraction of sp³-hybridized carbons (Fsp3) is 0.895. The molecule has 0 bridgehead atoms. The van der Waals surface area contributed by atoms with E-state index in [0.717, 1.165) is 0 Å². The molecule has 2 N–H and O–H groups in total. The lowest BCUT2D eigenvalue weighted by atomic mass is 10.3. The van der Waals surface area contributed by atoms with Gasteiger partial charge in [0.1, 0.15) is 13.2 Å². The summed E-state index contributed by atoms with van der Waals surface area (Å²) < 4.78 is 27.3. The predicted octanol–water partition coefficient (Wildman–Crippen LogP) is 0.578. The highest BCUT2D eigenvalue weighted by atomic mass is 28.4. The van der Waals surface area contributed by atoms with Crippen LogP contribution in [0.1, 0.15) is 40.0 Å². The minimum absolute atomic E-state index is 0.0302. The molecule has 0 atom stereocenters. The zero-order chi connectivity index (χ0) is 22.7. The van der Waals surface area contributed by atoms with Gasteiger partial charge in [-0.3, -0.25) is 9.59 Å². The summed E-state index contributed by atoms with van der Waals surface area (Å²) >= 11 is 0. The number of ether oxygens (including phenoxy) is 2. The van der Waals surface area contributed by atoms with Gasteiger partial charge in [0.15, 0.2) is 0 Å². The summed E-state index contributed by atoms with van der Waals surface area (Å²) in [6.07, 6.45) is 1.01. The molecular weight excluding hydrogens is 414 g/mol. The van der Waals surface area contributed by atoms with E-state index >= 15 is 0 Å². The maximum atomic E-state index is 11.7. The molecule has 10 nitrogen and oxygen atoms in total. The average Bonchev–Trinajstić information content (AvgIpc) is 2.72. The number of hydrogen-bond acceptors (Lipinski definition) is 10. The Labute approximate surface area is 180 Å². The summed E-state index contributed by atoms with van der Waals surface area (Å²) in [5.41, 5.74) is 0. The van der Waals surface area contributed by atoms with Crippen molar-refractivity contribution >= 4 is 20.7 Å². The van der Waals surface area contributed by atoms with Gasteiger partial charge in [0.25, 0.3) is 0 Å². The topological polar surface area (TPSA) is 124 Å². The molecule has 178 valence electrons. The second-order valence-electron chi connectivity index (χ2n) is 6.32. The van der Waals surface area contributed by atoms with Gasteiger partial charge in [0, 0.05) is 39.0 Å². The normalized spacial score (nSPS) is 11.7. The molecular formula is C19H39NO9Si. The maximum Gasteiger partial charge on any atom is 0.500 e. The molecule has 0 rings (SSSR count). The molecule has 0 saturated carbocycles. The Hall–Kier alpha value is -1.08. The smallest absolute Gasteiger partial charge is 0.463 e. The van der Waals surface area contributed by atoms with Crippen molar-refractivity contribution in [2.24, 2.45) is 0 Å². The molecule has 11 heteroatoms. The predicted molar refractivity (Wildman–Crippen MR) is 112 cm³/mol. The molecule has 0 aliphatic heterocycles. The molecule has 0 aliphatic carbocycles. The van der Waals surface area contributed by atoms with Crippen molar-refractivity contribution in [3.8, 4) is 0 Å². The Morgan fingerprint density at radius 2 is 1.20 bits per heavy atom. The number of nitrogens with zero attached hydrogens (tertiary/aromatic N) is 1. The Balaban J connectivity index is 4.77. The van der Waals surface area contributed by atoms with Crippen molar-refractivity contribution in [3.05, 3.63) is 0 Å². The van der Waals surface area contributed by atoms with Crippen molar-refractivity contribution in [2.45, 2.75) is 46.1 Å². The van der Waals surface area contributed by atoms with Crippen molar-refractivity contribution < 1.29 is 42.6 Å². The van der Waals surface area contributed by atoms with Gasteiger partial charge in [-0.05, 0) is 33.7 Å². The lowest BCUT2D eigenvalue weighted by molar-refractivity contribution is -0.145. The number of aliphatic hydroxyl groups is 2. The Morgan fingerprint density at radius 3 is 1.57 bits per heavy atom. The minimum Gasteiger partial charge on any atom is -0.463 e. The van der Waals surface area contributed by atoms with E-state index in [1.807, 2.05) is 25.7 Å². The number of aliphatic hydroxyl groups excluding tert-OH is 2. The quantitative estimate of drug-likeness (QED) is 0.200. The van der Waals surface area contributed by atoms with Crippen molar-refractivity contribution in [1.82, 2.24) is 4.90 Å². The third-order valence-electron chi connectivity index (χ3n) is 4.02. The average molecular weight is 454 g/mol. The van der Waals surface area contributed by atoms with Crippen LogP contribution in [0.2, 0.25) is 6.04 Å². The first kappa shape index (κ1) is 28.9. The zero-order valence-corrected chi connectivity index (χ0v) is 19.6. The van der Waals surface area contributed by atoms with E-state index in [1.54, 1.807) is 0 Å². The third kappa shape index (κ3) is 14.0. The molecule has 30 heavy (non-hydrogen) atoms. The van der Waals surface area contributed by atoms with Crippen molar-refractivity contribution in [1.29, 1.82) is 0 Å². The van der Waals surface area contributed by atoms with Gasteiger partial charge >= 0.3 is 20.7 Å². The first-order valence-electron chi connectivity index (χ1n) is 10.6. The van der Waals surface area contributed by atoms with Crippen LogP contribution in [0.4, 0.5) is 0 Å². The Bertz CT molecular complexity index is 413. The summed E-state index contributed by atoms with van der Waals surface area (Å²) in [7, 11) is -2.75. The van der Waals surface area contributed by atoms with E-state index in [9.17, 15) is 9.59 Å². The second kappa shape index (κ2) is 18.7. The Kier molecular flexibility index (Phi) is 18.0. The molecule has 0 fully saturated rings. The fourth-order valence-corrected chi connectivity index (χ4v) is 5.41. The second-order valence-corrected chi connectivity index (χ2v) is 9.05. The maximum absolute atomic E-state index is 11.7. The van der Waals surface area contributed by atoms with Crippen LogP contribution in [-0.2, 0) is 32.3 Å². The van der Waals surface area contributed by atoms with E-state index in [1.165, 1.54) is 0 Å². The number of esters is 2. The summed E-state index contributed by atoms with van der Waals surface area (Å²) in [5.74, 6) is -0.808. The number of carbonyl (C=O) groups excluding carboxylic acids is 2. The first-order valence-corrected chi connectivity index (χ1v) is 12.6. The molecule has 0 aromatic rings. The molecule has 0 aromatic carbocycles. The van der Waals surface area contributed by atoms with Gasteiger partial charge in [0.2, 0.25) is 0 Å². The van der Waals surface area contributed by atoms with E-state index in [4.69, 9.17) is 33.0 Å². The first-order chi connectivity index (χ1) is 14.5. The van der Waals surface area contributed by atoms with Gasteiger partial charge in [-0.1, -0.05) is 0 Å². The van der Waals surface area contributed by atoms with E-state index in [2.05, 4.69) is 0 Å². The molecule has 0 spiro atoms. The van der Waals surface area contributed by atoms with E-state index < -0.39 is 20.7 Å². The van der Waals surface area contributed by atoms with Crippen LogP contribution >= 0.6 is 0 Å². The van der Waals surface area contributed by atoms with Crippen molar-refractivity contribution in [2.75, 3.05) is 65.9 Å². The van der Waals surface area contributed by atoms with Crippen LogP contribution in [0.3, 0.4) is 0 Å². The van der Waals surface area contributed by atoms with E-state index in [-0.39, 0.29) is 39.3 Å². The van der Waals surface area contributed by atoms with E-state index in [0.29, 0.717) is 51.9 Å². The molecule has 0 amide bonds. The van der Waals surface area contributed by atoms with Crippen LogP contribution < -0.4 is 0 Å². The molecule has 0 heterocycles. The van der Waals surface area contributed by atoms with Crippen LogP contribution in [-0.4, -0.2) is 102 Å². The van der Waals surface area contributed by atoms with Crippen molar-refractivity contribution in [3.63, 3.8) is 0 Å². The minimum atomic E-state index is -2.75. The molecule has 0 aromatic heterocycles. The molecule has 0 unspecified atom stereocenters. The third-order valence-corrected chi connectivity index (χ3v) is 7.17. The standard InChI is InChI=1S/C19H39NO9Si/c1-4-27-30(28-5-2,29-6-3)17-7-10-20(11-8-18(23)25-15-13-21)12-9-19(24)26-16-14-22/h21-22H,4-17H2,1-3H3. The fourth-order valence-electron chi connectivity index (χ4n) is 2.82. The molecule has 0 aliphatic rings. The monoisotopic (exact) mass is 453 g/mol. The summed E-state index contributed by atoms with van der Waals surface area (Å²) in [4.78, 5) is 25.5. The lowest BCUT2D eigenvalue weighted by Crippen LogP contribution is -2.46. The number of hydrogen-bond donors (Lipinski definition) is 2. The number of carbonyl (C=O) groups is 2. The van der Waals surface area contributed by atoms with Gasteiger partial charge < -0.3 is 37.9 Å². The largest absolute Gasteiger partial charge is 0.500 e. The zero-order valence-electron chi connectivity index (χ0n) is 18.6. The summed E-state index contributed by atoms with van der Waals surface area (Å²) in [6, 6.07) is 0.628. The van der Waals surface area contributed by atoms with Crippen LogP contribution in [0.5, 0.6) is 0 Å². The highest BCUT2D eigenvalue weighted by Crippen LogP contribution is 2.18. The summed E-state index contributed by atoms with van der Waals surface area (Å²) in [6.45, 7) is 8.16. The van der Waals surface area contributed by atoms with Crippen LogP contribution in [0.25, 0.3) is 0 Å². The van der Waals surface area contributed by atoms with Gasteiger partial charge in [0.05, 0.1) is 26.1 Å². The molecule has 0 saturated heterocycles. The van der Waals surface area contributed by atoms with Gasteiger partial charge in [-0.25, -0.2) is 0 Å². The van der Waals surface area contributed by atoms with Gasteiger partial charge in [-0.2, -0.15) is 0 Å². The lowest BCUT2D eigenvalue weighted by Gasteiger charge is -2.29. The number of rotatable bonds is 20. The SMILES string of the molecule is CCO[Si](CCCN(CCC(=O)OCCO)CCC(=O)OCCO)(OCC)OCC. The van der Waals surface area contributed by atoms with Crippen LogP contribution in [0, 0.1) is 0 Å². The molecule has 0 radical (unpaired) electrons. The van der Waals surface area contributed by atoms with Crippen LogP contribution in [0.15, 0.2) is 0 Å². The highest BCUT2D eigenvalue weighted by Gasteiger charge is 2.39.